The molecular formula is C22H25IN4O. The molecule has 0 amide bonds. The van der Waals surface area contributed by atoms with Crippen molar-refractivity contribution >= 4 is 35.6 Å². The van der Waals surface area contributed by atoms with Crippen LogP contribution >= 0.6 is 24.0 Å². The topological polar surface area (TPSA) is 72.5 Å². The van der Waals surface area contributed by atoms with Crippen LogP contribution in [0.2, 0.25) is 0 Å². The van der Waals surface area contributed by atoms with Crippen LogP contribution in [0.5, 0.6) is 5.88 Å². The van der Waals surface area contributed by atoms with Crippen LogP contribution in [0, 0.1) is 0 Å². The summed E-state index contributed by atoms with van der Waals surface area (Å²) in [5.41, 5.74) is 10.3. The van der Waals surface area contributed by atoms with Crippen LogP contribution in [0.1, 0.15) is 23.6 Å². The Morgan fingerprint density at radius 1 is 1.00 bits per heavy atom. The molecular weight excluding hydrogens is 463 g/mol. The Morgan fingerprint density at radius 3 is 2.57 bits per heavy atom. The number of hydrogen-bond acceptors (Lipinski definition) is 3. The molecule has 0 spiro atoms. The van der Waals surface area contributed by atoms with Crippen molar-refractivity contribution < 1.29 is 4.74 Å². The number of nitrogens with two attached hydrogens (primary N) is 1. The molecule has 0 radical (unpaired) electrons. The van der Waals surface area contributed by atoms with E-state index in [2.05, 4.69) is 34.3 Å². The summed E-state index contributed by atoms with van der Waals surface area (Å²) in [4.78, 5) is 8.66. The van der Waals surface area contributed by atoms with Crippen molar-refractivity contribution in [1.29, 1.82) is 0 Å². The number of benzene rings is 2. The Bertz CT molecular complexity index is 900. The molecule has 28 heavy (non-hydrogen) atoms. The third-order valence-corrected chi connectivity index (χ3v) is 4.07. The Morgan fingerprint density at radius 2 is 1.79 bits per heavy atom. The second-order valence-corrected chi connectivity index (χ2v) is 6.16. The third kappa shape index (κ3) is 6.84. The Kier molecular flexibility index (Phi) is 8.74. The standard InChI is InChI=1S/C22H24N4O.HI/c1-2-17-9-6-10-20(13-17)26-22(23)25-15-19-11-12-24-21(14-19)27-16-18-7-4-3-5-8-18;/h3-14H,2,15-16H2,1H3,(H3,23,25,26);1H. The van der Waals surface area contributed by atoms with Gasteiger partial charge in [-0.15, -0.1) is 24.0 Å². The lowest BCUT2D eigenvalue weighted by Gasteiger charge is -2.08. The summed E-state index contributed by atoms with van der Waals surface area (Å²) in [5, 5.41) is 3.13. The van der Waals surface area contributed by atoms with E-state index in [1.807, 2.05) is 54.6 Å². The number of guanidine groups is 1. The van der Waals surface area contributed by atoms with Crippen LogP contribution in [0.4, 0.5) is 5.69 Å². The fourth-order valence-corrected chi connectivity index (χ4v) is 2.59. The number of aromatic nitrogens is 1. The predicted molar refractivity (Wildman–Crippen MR) is 125 cm³/mol. The average Bonchev–Trinajstić information content (AvgIpc) is 2.72. The number of hydrogen-bond donors (Lipinski definition) is 2. The minimum absolute atomic E-state index is 0. The number of halogens is 1. The number of rotatable bonds is 7. The fraction of sp³-hybridized carbons (Fsp3) is 0.182. The van der Waals surface area contributed by atoms with Crippen molar-refractivity contribution in [3.05, 3.63) is 89.6 Å². The highest BCUT2D eigenvalue weighted by Gasteiger charge is 2.01. The number of nitrogens with one attached hydrogen (secondary N) is 1. The molecule has 3 N–H and O–H groups in total. The van der Waals surface area contributed by atoms with Crippen LogP contribution in [0.3, 0.4) is 0 Å². The van der Waals surface area contributed by atoms with Crippen molar-refractivity contribution in [2.75, 3.05) is 5.32 Å². The van der Waals surface area contributed by atoms with Crippen molar-refractivity contribution in [3.8, 4) is 5.88 Å². The quantitative estimate of drug-likeness (QED) is 0.286. The second kappa shape index (κ2) is 11.3. The van der Waals surface area contributed by atoms with E-state index in [9.17, 15) is 0 Å². The van der Waals surface area contributed by atoms with Gasteiger partial charge < -0.3 is 15.8 Å². The zero-order chi connectivity index (χ0) is 18.9. The van der Waals surface area contributed by atoms with Gasteiger partial charge in [-0.05, 0) is 41.3 Å². The molecule has 3 aromatic rings. The van der Waals surface area contributed by atoms with E-state index in [1.165, 1.54) is 5.56 Å². The second-order valence-electron chi connectivity index (χ2n) is 6.16. The van der Waals surface area contributed by atoms with Crippen molar-refractivity contribution in [3.63, 3.8) is 0 Å². The molecule has 1 aromatic heterocycles. The summed E-state index contributed by atoms with van der Waals surface area (Å²) in [6.45, 7) is 3.06. The van der Waals surface area contributed by atoms with Gasteiger partial charge in [-0.2, -0.15) is 0 Å². The highest BCUT2D eigenvalue weighted by atomic mass is 127. The number of aryl methyl sites for hydroxylation is 1. The van der Waals surface area contributed by atoms with Crippen LogP contribution in [-0.4, -0.2) is 10.9 Å². The van der Waals surface area contributed by atoms with Gasteiger partial charge in [0.2, 0.25) is 5.88 Å². The van der Waals surface area contributed by atoms with E-state index >= 15 is 0 Å². The average molecular weight is 488 g/mol. The zero-order valence-electron chi connectivity index (χ0n) is 15.8. The summed E-state index contributed by atoms with van der Waals surface area (Å²) in [7, 11) is 0. The maximum Gasteiger partial charge on any atom is 0.213 e. The van der Waals surface area contributed by atoms with Crippen molar-refractivity contribution in [2.24, 2.45) is 10.7 Å². The highest BCUT2D eigenvalue weighted by molar-refractivity contribution is 14.0. The first-order chi connectivity index (χ1) is 13.2. The van der Waals surface area contributed by atoms with Crippen LogP contribution in [0.25, 0.3) is 0 Å². The van der Waals surface area contributed by atoms with E-state index in [0.717, 1.165) is 23.2 Å². The first-order valence-corrected chi connectivity index (χ1v) is 9.00. The Hall–Kier alpha value is -2.61. The molecule has 0 unspecified atom stereocenters. The van der Waals surface area contributed by atoms with Gasteiger partial charge in [0.05, 0.1) is 6.54 Å². The predicted octanol–water partition coefficient (Wildman–Crippen LogP) is 4.77. The van der Waals surface area contributed by atoms with Gasteiger partial charge in [-0.25, -0.2) is 9.98 Å². The molecule has 146 valence electrons. The van der Waals surface area contributed by atoms with E-state index in [4.69, 9.17) is 10.5 Å². The molecule has 0 saturated heterocycles. The number of nitrogens with zero attached hydrogens (tertiary/aromatic N) is 2. The van der Waals surface area contributed by atoms with Gasteiger partial charge in [0.15, 0.2) is 5.96 Å². The van der Waals surface area contributed by atoms with Gasteiger partial charge in [0.1, 0.15) is 6.61 Å². The van der Waals surface area contributed by atoms with E-state index in [0.29, 0.717) is 25.0 Å². The molecule has 0 aliphatic heterocycles. The lowest BCUT2D eigenvalue weighted by Crippen LogP contribution is -2.22. The summed E-state index contributed by atoms with van der Waals surface area (Å²) in [6, 6.07) is 21.9. The minimum atomic E-state index is 0. The normalized spacial score (nSPS) is 10.8. The third-order valence-electron chi connectivity index (χ3n) is 4.07. The molecule has 0 atom stereocenters. The molecule has 0 bridgehead atoms. The Labute approximate surface area is 183 Å². The molecule has 1 heterocycles. The summed E-state index contributed by atoms with van der Waals surface area (Å²) in [5.74, 6) is 0.959. The van der Waals surface area contributed by atoms with Gasteiger partial charge >= 0.3 is 0 Å². The van der Waals surface area contributed by atoms with E-state index in [-0.39, 0.29) is 24.0 Å². The minimum Gasteiger partial charge on any atom is -0.473 e. The van der Waals surface area contributed by atoms with E-state index < -0.39 is 0 Å². The lowest BCUT2D eigenvalue weighted by molar-refractivity contribution is 0.293. The monoisotopic (exact) mass is 488 g/mol. The summed E-state index contributed by atoms with van der Waals surface area (Å²) < 4.78 is 5.75. The van der Waals surface area contributed by atoms with Crippen LogP contribution in [-0.2, 0) is 19.6 Å². The van der Waals surface area contributed by atoms with Crippen LogP contribution < -0.4 is 15.8 Å². The maximum atomic E-state index is 6.01. The molecule has 6 heteroatoms. The van der Waals surface area contributed by atoms with Crippen molar-refractivity contribution in [1.82, 2.24) is 4.98 Å². The lowest BCUT2D eigenvalue weighted by atomic mass is 10.1. The molecule has 0 fully saturated rings. The zero-order valence-corrected chi connectivity index (χ0v) is 18.2. The van der Waals surface area contributed by atoms with Gasteiger partial charge in [0.25, 0.3) is 0 Å². The molecule has 0 aliphatic rings. The summed E-state index contributed by atoms with van der Waals surface area (Å²) in [6.07, 6.45) is 2.70. The summed E-state index contributed by atoms with van der Waals surface area (Å²) >= 11 is 0. The molecule has 0 aliphatic carbocycles. The van der Waals surface area contributed by atoms with Gasteiger partial charge in [-0.1, -0.05) is 49.4 Å². The molecule has 3 rings (SSSR count). The Balaban J connectivity index is 0.00000280. The fourth-order valence-electron chi connectivity index (χ4n) is 2.59. The SMILES string of the molecule is CCc1cccc(NC(N)=NCc2ccnc(OCc3ccccc3)c2)c1.I. The van der Waals surface area contributed by atoms with Crippen molar-refractivity contribution in [2.45, 2.75) is 26.5 Å². The molecule has 2 aromatic carbocycles. The van der Waals surface area contributed by atoms with Gasteiger partial charge in [-0.3, -0.25) is 0 Å². The first-order valence-electron chi connectivity index (χ1n) is 9.00. The van der Waals surface area contributed by atoms with Gasteiger partial charge in [0, 0.05) is 18.0 Å². The number of pyridine rings is 1. The maximum absolute atomic E-state index is 6.01. The number of anilines is 1. The highest BCUT2D eigenvalue weighted by Crippen LogP contribution is 2.13. The molecule has 5 nitrogen and oxygen atoms in total. The van der Waals surface area contributed by atoms with Crippen LogP contribution in [0.15, 0.2) is 77.9 Å². The largest absolute Gasteiger partial charge is 0.473 e. The number of ether oxygens (including phenoxy) is 1. The van der Waals surface area contributed by atoms with E-state index in [1.54, 1.807) is 6.20 Å². The molecule has 0 saturated carbocycles. The number of aliphatic imine (C=N–C) groups is 1. The first kappa shape index (κ1) is 21.7. The smallest absolute Gasteiger partial charge is 0.213 e.